The average molecular weight is 455 g/mol. The molecule has 0 unspecified atom stereocenters. The van der Waals surface area contributed by atoms with Gasteiger partial charge in [-0.3, -0.25) is 4.79 Å². The number of halogens is 1. The van der Waals surface area contributed by atoms with Crippen LogP contribution >= 0.6 is 11.6 Å². The zero-order valence-electron chi connectivity index (χ0n) is 18.7. The van der Waals surface area contributed by atoms with Gasteiger partial charge >= 0.3 is 0 Å². The molecule has 0 aliphatic carbocycles. The van der Waals surface area contributed by atoms with Crippen LogP contribution in [0.5, 0.6) is 5.75 Å². The van der Waals surface area contributed by atoms with E-state index in [2.05, 4.69) is 10.1 Å². The van der Waals surface area contributed by atoms with E-state index in [1.165, 1.54) is 0 Å². The molecule has 32 heavy (non-hydrogen) atoms. The summed E-state index contributed by atoms with van der Waals surface area (Å²) in [5.41, 5.74) is 2.90. The van der Waals surface area contributed by atoms with Crippen LogP contribution in [0.4, 0.5) is 5.69 Å². The zero-order chi connectivity index (χ0) is 22.8. The number of aromatic nitrogens is 3. The van der Waals surface area contributed by atoms with Gasteiger partial charge < -0.3 is 14.4 Å². The Hall–Kier alpha value is -2.90. The molecule has 1 amide bonds. The van der Waals surface area contributed by atoms with Crippen LogP contribution < -0.4 is 9.64 Å². The molecule has 0 bridgehead atoms. The smallest absolute Gasteiger partial charge is 0.258 e. The summed E-state index contributed by atoms with van der Waals surface area (Å²) in [4.78, 5) is 19.8. The molecular formula is C24H27ClN4O3. The Morgan fingerprint density at radius 2 is 2.12 bits per heavy atom. The highest BCUT2D eigenvalue weighted by Gasteiger charge is 2.32. The van der Waals surface area contributed by atoms with Gasteiger partial charge in [0, 0.05) is 18.1 Å². The summed E-state index contributed by atoms with van der Waals surface area (Å²) >= 11 is 6.40. The fraction of sp³-hybridized carbons (Fsp3) is 0.375. The third kappa shape index (κ3) is 4.36. The summed E-state index contributed by atoms with van der Waals surface area (Å²) in [6, 6.07) is 11.1. The number of fused-ring (bicyclic) bond motifs is 1. The van der Waals surface area contributed by atoms with Gasteiger partial charge in [-0.05, 0) is 43.7 Å². The van der Waals surface area contributed by atoms with Crippen molar-refractivity contribution in [2.75, 3.05) is 24.7 Å². The van der Waals surface area contributed by atoms with Gasteiger partial charge in [-0.15, -0.1) is 0 Å². The topological polar surface area (TPSA) is 69.5 Å². The van der Waals surface area contributed by atoms with Gasteiger partial charge in [0.25, 0.3) is 5.91 Å². The maximum atomic E-state index is 13.8. The van der Waals surface area contributed by atoms with Crippen LogP contribution in [0.3, 0.4) is 0 Å². The monoisotopic (exact) mass is 454 g/mol. The second kappa shape index (κ2) is 9.30. The molecule has 0 saturated heterocycles. The molecule has 0 saturated carbocycles. The van der Waals surface area contributed by atoms with Gasteiger partial charge in [0.1, 0.15) is 12.4 Å². The number of ether oxygens (including phenoxy) is 2. The van der Waals surface area contributed by atoms with E-state index in [1.54, 1.807) is 22.0 Å². The van der Waals surface area contributed by atoms with Crippen molar-refractivity contribution in [1.29, 1.82) is 0 Å². The van der Waals surface area contributed by atoms with Gasteiger partial charge in [0.15, 0.2) is 11.6 Å². The predicted octanol–water partition coefficient (Wildman–Crippen LogP) is 4.80. The lowest BCUT2D eigenvalue weighted by atomic mass is 10.0. The first-order valence-corrected chi connectivity index (χ1v) is 11.1. The molecule has 7 nitrogen and oxygen atoms in total. The van der Waals surface area contributed by atoms with Crippen molar-refractivity contribution in [3.63, 3.8) is 0 Å². The van der Waals surface area contributed by atoms with Crippen molar-refractivity contribution < 1.29 is 14.3 Å². The van der Waals surface area contributed by atoms with Crippen LogP contribution in [-0.4, -0.2) is 46.5 Å². The van der Waals surface area contributed by atoms with Crippen molar-refractivity contribution in [2.45, 2.75) is 39.7 Å². The first-order valence-electron chi connectivity index (χ1n) is 10.8. The number of rotatable bonds is 6. The molecule has 4 rings (SSSR count). The lowest BCUT2D eigenvalue weighted by Gasteiger charge is -2.35. The predicted molar refractivity (Wildman–Crippen MR) is 124 cm³/mol. The molecule has 0 spiro atoms. The van der Waals surface area contributed by atoms with Crippen LogP contribution in [0.25, 0.3) is 5.69 Å². The number of anilines is 1. The van der Waals surface area contributed by atoms with E-state index < -0.39 is 0 Å². The second-order valence-corrected chi connectivity index (χ2v) is 8.51. The van der Waals surface area contributed by atoms with E-state index in [4.69, 9.17) is 21.1 Å². The van der Waals surface area contributed by atoms with Crippen LogP contribution in [-0.2, 0) is 4.74 Å². The minimum absolute atomic E-state index is 0.123. The van der Waals surface area contributed by atoms with Gasteiger partial charge in [0.05, 0.1) is 29.5 Å². The van der Waals surface area contributed by atoms with Gasteiger partial charge in [-0.25, -0.2) is 9.67 Å². The van der Waals surface area contributed by atoms with Crippen molar-refractivity contribution >= 4 is 23.2 Å². The summed E-state index contributed by atoms with van der Waals surface area (Å²) < 4.78 is 13.3. The largest absolute Gasteiger partial charge is 0.482 e. The Morgan fingerprint density at radius 3 is 2.84 bits per heavy atom. The minimum atomic E-state index is -0.307. The Labute approximate surface area is 192 Å². The second-order valence-electron chi connectivity index (χ2n) is 8.10. The number of carbonyl (C=O) groups is 1. The molecule has 1 atom stereocenters. The highest BCUT2D eigenvalue weighted by atomic mass is 35.5. The average Bonchev–Trinajstić information content (AvgIpc) is 3.28. The quantitative estimate of drug-likeness (QED) is 0.535. The maximum absolute atomic E-state index is 13.8. The molecule has 168 valence electrons. The lowest BCUT2D eigenvalue weighted by Crippen LogP contribution is -2.45. The molecule has 8 heteroatoms. The molecule has 1 aliphatic rings. The van der Waals surface area contributed by atoms with Crippen LogP contribution in [0.1, 0.15) is 48.4 Å². The Kier molecular flexibility index (Phi) is 6.48. The first kappa shape index (κ1) is 22.3. The number of nitrogens with zero attached hydrogens (tertiary/aromatic N) is 4. The van der Waals surface area contributed by atoms with E-state index in [9.17, 15) is 4.79 Å². The van der Waals surface area contributed by atoms with Crippen molar-refractivity contribution in [3.8, 4) is 11.4 Å². The third-order valence-electron chi connectivity index (χ3n) is 5.40. The fourth-order valence-electron chi connectivity index (χ4n) is 3.65. The van der Waals surface area contributed by atoms with Crippen LogP contribution in [0.2, 0.25) is 5.02 Å². The standard InChI is InChI=1S/C24H27ClN4O3/c1-5-31-13-18-12-28(21-8-6-7-20(25)22(21)32-18)24(30)19-11-17(10-9-16(19)4)29-14-26-23(27-29)15(2)3/h6-11,14-15,18H,5,12-13H2,1-4H3/t18-/m1/s1. The number of carbonyl (C=O) groups excluding carboxylic acids is 1. The van der Waals surface area contributed by atoms with E-state index >= 15 is 0 Å². The normalized spacial score (nSPS) is 15.6. The molecule has 0 radical (unpaired) electrons. The van der Waals surface area contributed by atoms with Gasteiger partial charge in [-0.2, -0.15) is 5.10 Å². The zero-order valence-corrected chi connectivity index (χ0v) is 19.5. The van der Waals surface area contributed by atoms with Crippen molar-refractivity contribution in [1.82, 2.24) is 14.8 Å². The van der Waals surface area contributed by atoms with E-state index in [0.717, 1.165) is 17.1 Å². The van der Waals surface area contributed by atoms with E-state index in [1.807, 2.05) is 58.0 Å². The Morgan fingerprint density at radius 1 is 1.31 bits per heavy atom. The molecule has 2 heterocycles. The number of amides is 1. The highest BCUT2D eigenvalue weighted by Crippen LogP contribution is 2.40. The fourth-order valence-corrected chi connectivity index (χ4v) is 3.87. The van der Waals surface area contributed by atoms with Crippen molar-refractivity contribution in [3.05, 3.63) is 64.7 Å². The summed E-state index contributed by atoms with van der Waals surface area (Å²) in [7, 11) is 0. The number of hydrogen-bond acceptors (Lipinski definition) is 5. The van der Waals surface area contributed by atoms with E-state index in [0.29, 0.717) is 41.8 Å². The minimum Gasteiger partial charge on any atom is -0.482 e. The molecule has 3 aromatic rings. The highest BCUT2D eigenvalue weighted by molar-refractivity contribution is 6.32. The Balaban J connectivity index is 1.70. The molecule has 1 aromatic heterocycles. The third-order valence-corrected chi connectivity index (χ3v) is 5.70. The summed E-state index contributed by atoms with van der Waals surface area (Å²) in [6.45, 7) is 9.26. The summed E-state index contributed by atoms with van der Waals surface area (Å²) in [5.74, 6) is 1.36. The lowest BCUT2D eigenvalue weighted by molar-refractivity contribution is 0.0537. The molecular weight excluding hydrogens is 428 g/mol. The molecule has 1 aliphatic heterocycles. The maximum Gasteiger partial charge on any atom is 0.258 e. The SMILES string of the molecule is CCOC[C@H]1CN(C(=O)c2cc(-n3cnc(C(C)C)n3)ccc2C)c2cccc(Cl)c2O1. The number of para-hydroxylation sites is 1. The summed E-state index contributed by atoms with van der Waals surface area (Å²) in [5, 5.41) is 5.01. The number of benzene rings is 2. The van der Waals surface area contributed by atoms with Crippen LogP contribution in [0, 0.1) is 6.92 Å². The molecule has 2 aromatic carbocycles. The molecule has 0 N–H and O–H groups in total. The van der Waals surface area contributed by atoms with Crippen molar-refractivity contribution in [2.24, 2.45) is 0 Å². The number of hydrogen-bond donors (Lipinski definition) is 0. The van der Waals surface area contributed by atoms with Gasteiger partial charge in [0.2, 0.25) is 0 Å². The Bertz CT molecular complexity index is 1130. The van der Waals surface area contributed by atoms with Crippen LogP contribution in [0.15, 0.2) is 42.7 Å². The molecule has 0 fully saturated rings. The van der Waals surface area contributed by atoms with E-state index in [-0.39, 0.29) is 17.9 Å². The first-order chi connectivity index (χ1) is 15.4. The van der Waals surface area contributed by atoms with Gasteiger partial charge in [-0.1, -0.05) is 37.6 Å². The number of aryl methyl sites for hydroxylation is 1. The summed E-state index contributed by atoms with van der Waals surface area (Å²) in [6.07, 6.45) is 1.37.